The van der Waals surface area contributed by atoms with Gasteiger partial charge in [0.1, 0.15) is 17.6 Å². The number of anilines is 1. The summed E-state index contributed by atoms with van der Waals surface area (Å²) in [6.07, 6.45) is 0.829. The summed E-state index contributed by atoms with van der Waals surface area (Å²) in [5, 5.41) is 8.19. The van der Waals surface area contributed by atoms with Gasteiger partial charge in [-0.1, -0.05) is 23.2 Å². The van der Waals surface area contributed by atoms with Gasteiger partial charge in [0.2, 0.25) is 11.8 Å². The fourth-order valence-corrected chi connectivity index (χ4v) is 3.67. The Morgan fingerprint density at radius 1 is 1.09 bits per heavy atom. The molecule has 32 heavy (non-hydrogen) atoms. The number of fused-ring (bicyclic) bond motifs is 1. The van der Waals surface area contributed by atoms with Crippen molar-refractivity contribution in [3.8, 4) is 11.5 Å². The van der Waals surface area contributed by atoms with E-state index in [0.29, 0.717) is 28.8 Å². The van der Waals surface area contributed by atoms with Crippen LogP contribution in [0.2, 0.25) is 10.0 Å². The molecule has 1 heterocycles. The van der Waals surface area contributed by atoms with Gasteiger partial charge in [0, 0.05) is 23.1 Å². The molecule has 0 unspecified atom stereocenters. The molecule has 0 bridgehead atoms. The molecular weight excluding hydrogens is 457 g/mol. The number of nitrogens with one attached hydrogen (secondary N) is 3. The summed E-state index contributed by atoms with van der Waals surface area (Å²) >= 11 is 11.8. The molecule has 3 rings (SSSR count). The normalized spacial score (nSPS) is 14.2. The number of hydrogen-bond acceptors (Lipinski definition) is 5. The lowest BCUT2D eigenvalue weighted by Crippen LogP contribution is -2.40. The minimum atomic E-state index is -0.533. The van der Waals surface area contributed by atoms with Gasteiger partial charge in [-0.15, -0.1) is 0 Å². The van der Waals surface area contributed by atoms with Crippen LogP contribution in [0.25, 0.3) is 0 Å². The molecule has 0 saturated heterocycles. The van der Waals surface area contributed by atoms with Crippen LogP contribution < -0.4 is 25.4 Å². The average Bonchev–Trinajstić information content (AvgIpc) is 3.09. The van der Waals surface area contributed by atoms with E-state index in [-0.39, 0.29) is 29.8 Å². The van der Waals surface area contributed by atoms with E-state index in [9.17, 15) is 14.4 Å². The van der Waals surface area contributed by atoms with Gasteiger partial charge in [0.25, 0.3) is 5.91 Å². The predicted molar refractivity (Wildman–Crippen MR) is 122 cm³/mol. The molecule has 0 spiro atoms. The second-order valence-electron chi connectivity index (χ2n) is 7.15. The molecule has 10 heteroatoms. The van der Waals surface area contributed by atoms with Crippen LogP contribution in [0.4, 0.5) is 5.69 Å². The van der Waals surface area contributed by atoms with Crippen LogP contribution in [0.3, 0.4) is 0 Å². The van der Waals surface area contributed by atoms with E-state index in [4.69, 9.17) is 32.7 Å². The lowest BCUT2D eigenvalue weighted by atomic mass is 10.1. The van der Waals surface area contributed by atoms with Gasteiger partial charge in [-0.2, -0.15) is 0 Å². The summed E-state index contributed by atoms with van der Waals surface area (Å²) in [6, 6.07) is 7.99. The Hall–Kier alpha value is -2.97. The zero-order chi connectivity index (χ0) is 23.3. The molecule has 3 N–H and O–H groups in total. The third-order valence-corrected chi connectivity index (χ3v) is 5.15. The van der Waals surface area contributed by atoms with Crippen LogP contribution in [0.1, 0.15) is 29.8 Å². The molecule has 0 aliphatic carbocycles. The fraction of sp³-hybridized carbons (Fsp3) is 0.318. The van der Waals surface area contributed by atoms with Gasteiger partial charge in [0.15, 0.2) is 0 Å². The first kappa shape index (κ1) is 23.7. The summed E-state index contributed by atoms with van der Waals surface area (Å²) in [5.41, 5.74) is 1.67. The van der Waals surface area contributed by atoms with E-state index in [1.54, 1.807) is 6.07 Å². The van der Waals surface area contributed by atoms with Crippen molar-refractivity contribution in [3.05, 3.63) is 51.5 Å². The highest BCUT2D eigenvalue weighted by Gasteiger charge is 2.22. The number of ether oxygens (including phenoxy) is 2. The molecule has 170 valence electrons. The van der Waals surface area contributed by atoms with E-state index in [0.717, 1.165) is 12.0 Å². The van der Waals surface area contributed by atoms with Crippen LogP contribution in [-0.4, -0.2) is 43.5 Å². The third-order valence-electron chi connectivity index (χ3n) is 4.60. The van der Waals surface area contributed by atoms with Crippen LogP contribution >= 0.6 is 23.2 Å². The highest BCUT2D eigenvalue weighted by Crippen LogP contribution is 2.38. The van der Waals surface area contributed by atoms with Crippen molar-refractivity contribution in [3.63, 3.8) is 0 Å². The van der Waals surface area contributed by atoms with Gasteiger partial charge in [-0.25, -0.2) is 0 Å². The van der Waals surface area contributed by atoms with Crippen molar-refractivity contribution in [2.75, 3.05) is 25.0 Å². The Kier molecular flexibility index (Phi) is 7.82. The van der Waals surface area contributed by atoms with E-state index < -0.39 is 17.7 Å². The van der Waals surface area contributed by atoms with Crippen molar-refractivity contribution < 1.29 is 23.9 Å². The summed E-state index contributed by atoms with van der Waals surface area (Å²) in [4.78, 5) is 36.5. The van der Waals surface area contributed by atoms with Crippen molar-refractivity contribution in [1.82, 2.24) is 10.6 Å². The maximum atomic E-state index is 12.3. The van der Waals surface area contributed by atoms with Crippen molar-refractivity contribution >= 4 is 46.6 Å². The number of benzene rings is 2. The number of amides is 3. The van der Waals surface area contributed by atoms with Gasteiger partial charge in [-0.3, -0.25) is 14.4 Å². The molecule has 0 radical (unpaired) electrons. The van der Waals surface area contributed by atoms with E-state index in [1.165, 1.54) is 18.2 Å². The first-order chi connectivity index (χ1) is 15.3. The van der Waals surface area contributed by atoms with Gasteiger partial charge in [-0.05, 0) is 38.1 Å². The topological polar surface area (TPSA) is 106 Å². The number of halogens is 2. The van der Waals surface area contributed by atoms with E-state index in [2.05, 4.69) is 16.0 Å². The molecule has 0 saturated carbocycles. The molecule has 0 fully saturated rings. The standard InChI is InChI=1S/C22H23Cl2N3O5/c1-3-31-19-7-13-6-12(2)32-18(13)9-17(19)27-21(29)11-25-20(28)10-26-22(30)15-5-4-14(23)8-16(15)24/h4-5,7-9,12H,3,6,10-11H2,1-2H3,(H,25,28)(H,26,30)(H,27,29)/t12-/m0/s1. The Bertz CT molecular complexity index is 1040. The Balaban J connectivity index is 1.51. The van der Waals surface area contributed by atoms with Gasteiger partial charge >= 0.3 is 0 Å². The number of rotatable bonds is 8. The van der Waals surface area contributed by atoms with Crippen LogP contribution in [-0.2, 0) is 16.0 Å². The molecule has 8 nitrogen and oxygen atoms in total. The lowest BCUT2D eigenvalue weighted by Gasteiger charge is -2.14. The Labute approximate surface area is 195 Å². The Morgan fingerprint density at radius 3 is 2.56 bits per heavy atom. The maximum Gasteiger partial charge on any atom is 0.253 e. The van der Waals surface area contributed by atoms with E-state index >= 15 is 0 Å². The minimum Gasteiger partial charge on any atom is -0.492 e. The van der Waals surface area contributed by atoms with Crippen molar-refractivity contribution in [1.29, 1.82) is 0 Å². The first-order valence-corrected chi connectivity index (χ1v) is 10.8. The summed E-state index contributed by atoms with van der Waals surface area (Å²) < 4.78 is 11.4. The highest BCUT2D eigenvalue weighted by atomic mass is 35.5. The predicted octanol–water partition coefficient (Wildman–Crippen LogP) is 3.20. The second kappa shape index (κ2) is 10.6. The molecule has 1 aliphatic heterocycles. The molecular formula is C22H23Cl2N3O5. The first-order valence-electron chi connectivity index (χ1n) is 10.0. The lowest BCUT2D eigenvalue weighted by molar-refractivity contribution is -0.123. The fourth-order valence-electron chi connectivity index (χ4n) is 3.18. The molecule has 3 amide bonds. The van der Waals surface area contributed by atoms with Crippen molar-refractivity contribution in [2.24, 2.45) is 0 Å². The van der Waals surface area contributed by atoms with Crippen LogP contribution in [0.15, 0.2) is 30.3 Å². The SMILES string of the molecule is CCOc1cc2c(cc1NC(=O)CNC(=O)CNC(=O)c1ccc(Cl)cc1Cl)O[C@@H](C)C2. The summed E-state index contributed by atoms with van der Waals surface area (Å²) in [6.45, 7) is 3.65. The zero-order valence-corrected chi connectivity index (χ0v) is 19.1. The van der Waals surface area contributed by atoms with E-state index in [1.807, 2.05) is 19.9 Å². The molecule has 0 aromatic heterocycles. The molecule has 2 aromatic rings. The highest BCUT2D eigenvalue weighted by molar-refractivity contribution is 6.36. The number of carbonyl (C=O) groups excluding carboxylic acids is 3. The summed E-state index contributed by atoms with van der Waals surface area (Å²) in [5.74, 6) is -0.272. The molecule has 1 atom stereocenters. The third kappa shape index (κ3) is 6.05. The monoisotopic (exact) mass is 479 g/mol. The zero-order valence-electron chi connectivity index (χ0n) is 17.6. The largest absolute Gasteiger partial charge is 0.492 e. The van der Waals surface area contributed by atoms with Crippen LogP contribution in [0.5, 0.6) is 11.5 Å². The number of carbonyl (C=O) groups is 3. The molecule has 1 aliphatic rings. The van der Waals surface area contributed by atoms with Gasteiger partial charge in [0.05, 0.1) is 36.0 Å². The average molecular weight is 480 g/mol. The minimum absolute atomic E-state index is 0.0580. The number of hydrogen-bond donors (Lipinski definition) is 3. The van der Waals surface area contributed by atoms with Crippen LogP contribution in [0, 0.1) is 0 Å². The van der Waals surface area contributed by atoms with Gasteiger partial charge < -0.3 is 25.4 Å². The molecule has 2 aromatic carbocycles. The van der Waals surface area contributed by atoms with Crippen molar-refractivity contribution in [2.45, 2.75) is 26.4 Å². The second-order valence-corrected chi connectivity index (χ2v) is 8.00. The summed E-state index contributed by atoms with van der Waals surface area (Å²) in [7, 11) is 0. The maximum absolute atomic E-state index is 12.3. The Morgan fingerprint density at radius 2 is 1.84 bits per heavy atom. The quantitative estimate of drug-likeness (QED) is 0.538. The smallest absolute Gasteiger partial charge is 0.253 e.